The van der Waals surface area contributed by atoms with Crippen molar-refractivity contribution in [3.05, 3.63) is 24.3 Å². The van der Waals surface area contributed by atoms with E-state index >= 15 is 0 Å². The van der Waals surface area contributed by atoms with E-state index in [2.05, 4.69) is 17.1 Å². The predicted molar refractivity (Wildman–Crippen MR) is 112 cm³/mol. The Hall–Kier alpha value is -1.76. The number of sulfonamides is 1. The van der Waals surface area contributed by atoms with Crippen molar-refractivity contribution >= 4 is 27.3 Å². The molecule has 2 rings (SSSR count). The van der Waals surface area contributed by atoms with Crippen molar-refractivity contribution in [1.29, 1.82) is 0 Å². The predicted octanol–water partition coefficient (Wildman–Crippen LogP) is 3.00. The van der Waals surface area contributed by atoms with Gasteiger partial charge in [0.05, 0.1) is 18.5 Å². The maximum atomic E-state index is 12.2. The molecule has 1 aromatic rings. The first-order chi connectivity index (χ1) is 12.8. The summed E-state index contributed by atoms with van der Waals surface area (Å²) in [6.07, 6.45) is 5.87. The summed E-state index contributed by atoms with van der Waals surface area (Å²) in [5.41, 5.74) is 1.77. The number of amides is 1. The highest BCUT2D eigenvalue weighted by atomic mass is 32.2. The van der Waals surface area contributed by atoms with E-state index in [0.29, 0.717) is 18.7 Å². The Labute approximate surface area is 164 Å². The highest BCUT2D eigenvalue weighted by molar-refractivity contribution is 7.92. The Bertz CT molecular complexity index is 696. The van der Waals surface area contributed by atoms with Gasteiger partial charge in [0, 0.05) is 31.7 Å². The second-order valence-electron chi connectivity index (χ2n) is 7.47. The van der Waals surface area contributed by atoms with Gasteiger partial charge >= 0.3 is 0 Å². The number of hydrogen-bond acceptors (Lipinski definition) is 4. The van der Waals surface area contributed by atoms with Crippen molar-refractivity contribution in [2.24, 2.45) is 5.92 Å². The molecule has 6 nitrogen and oxygen atoms in total. The van der Waals surface area contributed by atoms with E-state index in [1.165, 1.54) is 23.4 Å². The molecule has 1 aromatic carbocycles. The van der Waals surface area contributed by atoms with Gasteiger partial charge in [-0.15, -0.1) is 0 Å². The fraction of sp³-hybridized carbons (Fsp3) is 0.650. The summed E-state index contributed by atoms with van der Waals surface area (Å²) in [4.78, 5) is 14.1. The van der Waals surface area contributed by atoms with Gasteiger partial charge in [-0.1, -0.05) is 20.3 Å². The summed E-state index contributed by atoms with van der Waals surface area (Å²) in [5.74, 6) is 0.744. The minimum absolute atomic E-state index is 0.0278. The largest absolute Gasteiger partial charge is 0.372 e. The number of carbonyl (C=O) groups is 1. The van der Waals surface area contributed by atoms with Crippen LogP contribution in [-0.4, -0.2) is 46.8 Å². The number of unbranched alkanes of at least 4 members (excludes halogenated alkanes) is 1. The smallest absolute Gasteiger partial charge is 0.232 e. The first-order valence-corrected chi connectivity index (χ1v) is 11.8. The second-order valence-corrected chi connectivity index (χ2v) is 9.38. The SMILES string of the molecule is CCCCC(=O)NCCN(c1ccc(N2CCC(C)CC2)cc1)S(C)(=O)=O. The van der Waals surface area contributed by atoms with Crippen LogP contribution >= 0.6 is 0 Å². The lowest BCUT2D eigenvalue weighted by Crippen LogP contribution is -2.38. The van der Waals surface area contributed by atoms with E-state index in [1.54, 1.807) is 0 Å². The maximum Gasteiger partial charge on any atom is 0.232 e. The molecule has 0 spiro atoms. The molecule has 0 aromatic heterocycles. The third-order valence-electron chi connectivity index (χ3n) is 5.08. The Morgan fingerprint density at radius 3 is 2.41 bits per heavy atom. The number of hydrogen-bond donors (Lipinski definition) is 1. The quantitative estimate of drug-likeness (QED) is 0.698. The second kappa shape index (κ2) is 9.97. The van der Waals surface area contributed by atoms with Crippen LogP contribution in [0, 0.1) is 5.92 Å². The van der Waals surface area contributed by atoms with Crippen LogP contribution in [-0.2, 0) is 14.8 Å². The number of anilines is 2. The Balaban J connectivity index is 1.99. The lowest BCUT2D eigenvalue weighted by molar-refractivity contribution is -0.121. The molecule has 7 heteroatoms. The van der Waals surface area contributed by atoms with E-state index in [1.807, 2.05) is 31.2 Å². The topological polar surface area (TPSA) is 69.7 Å². The average molecular weight is 396 g/mol. The summed E-state index contributed by atoms with van der Waals surface area (Å²) in [6.45, 7) is 6.94. The molecule has 0 saturated carbocycles. The highest BCUT2D eigenvalue weighted by Gasteiger charge is 2.19. The van der Waals surface area contributed by atoms with Gasteiger partial charge in [-0.3, -0.25) is 9.10 Å². The molecule has 1 aliphatic heterocycles. The Morgan fingerprint density at radius 2 is 1.85 bits per heavy atom. The number of nitrogens with one attached hydrogen (secondary N) is 1. The first-order valence-electron chi connectivity index (χ1n) is 9.90. The molecule has 0 unspecified atom stereocenters. The molecule has 1 amide bonds. The average Bonchev–Trinajstić information content (AvgIpc) is 2.63. The van der Waals surface area contributed by atoms with E-state index in [-0.39, 0.29) is 12.5 Å². The summed E-state index contributed by atoms with van der Waals surface area (Å²) >= 11 is 0. The molecule has 1 fully saturated rings. The molecule has 1 heterocycles. The van der Waals surface area contributed by atoms with Crippen LogP contribution in [0.15, 0.2) is 24.3 Å². The van der Waals surface area contributed by atoms with Crippen LogP contribution in [0.1, 0.15) is 46.0 Å². The molecule has 0 bridgehead atoms. The van der Waals surface area contributed by atoms with Crippen LogP contribution in [0.5, 0.6) is 0 Å². The summed E-state index contributed by atoms with van der Waals surface area (Å²) in [6, 6.07) is 7.69. The van der Waals surface area contributed by atoms with Gasteiger partial charge in [-0.25, -0.2) is 8.42 Å². The Kier molecular flexibility index (Phi) is 7.95. The molecular formula is C20H33N3O3S. The fourth-order valence-corrected chi connectivity index (χ4v) is 4.23. The van der Waals surface area contributed by atoms with Crippen LogP contribution in [0.25, 0.3) is 0 Å². The summed E-state index contributed by atoms with van der Waals surface area (Å²) in [7, 11) is -3.41. The van der Waals surface area contributed by atoms with Crippen LogP contribution in [0.4, 0.5) is 11.4 Å². The zero-order chi connectivity index (χ0) is 19.9. The summed E-state index contributed by atoms with van der Waals surface area (Å²) in [5, 5.41) is 2.80. The first kappa shape index (κ1) is 21.5. The molecule has 0 atom stereocenters. The normalized spacial score (nSPS) is 15.6. The molecule has 1 aliphatic rings. The van der Waals surface area contributed by atoms with Gasteiger partial charge in [0.2, 0.25) is 15.9 Å². The van der Waals surface area contributed by atoms with E-state index in [0.717, 1.165) is 37.5 Å². The van der Waals surface area contributed by atoms with E-state index in [9.17, 15) is 13.2 Å². The minimum atomic E-state index is -3.41. The number of nitrogens with zero attached hydrogens (tertiary/aromatic N) is 2. The molecule has 0 radical (unpaired) electrons. The maximum absolute atomic E-state index is 12.2. The van der Waals surface area contributed by atoms with Gasteiger partial charge < -0.3 is 10.2 Å². The molecule has 1 saturated heterocycles. The molecular weight excluding hydrogens is 362 g/mol. The van der Waals surface area contributed by atoms with Gasteiger partial charge in [-0.2, -0.15) is 0 Å². The zero-order valence-corrected chi connectivity index (χ0v) is 17.6. The van der Waals surface area contributed by atoms with Crippen molar-refractivity contribution in [1.82, 2.24) is 5.32 Å². The molecule has 152 valence electrons. The van der Waals surface area contributed by atoms with Gasteiger partial charge in [-0.05, 0) is 49.4 Å². The molecule has 27 heavy (non-hydrogen) atoms. The van der Waals surface area contributed by atoms with Crippen molar-refractivity contribution in [2.75, 3.05) is 41.6 Å². The molecule has 1 N–H and O–H groups in total. The van der Waals surface area contributed by atoms with Crippen LogP contribution in [0.3, 0.4) is 0 Å². The fourth-order valence-electron chi connectivity index (χ4n) is 3.31. The van der Waals surface area contributed by atoms with Crippen molar-refractivity contribution < 1.29 is 13.2 Å². The number of carbonyl (C=O) groups excluding carboxylic acids is 1. The standard InChI is InChI=1S/C20H33N3O3S/c1-4-5-6-20(24)21-13-16-23(27(3,25)26)19-9-7-18(8-10-19)22-14-11-17(2)12-15-22/h7-10,17H,4-6,11-16H2,1-3H3,(H,21,24). The van der Waals surface area contributed by atoms with Gasteiger partial charge in [0.15, 0.2) is 0 Å². The lowest BCUT2D eigenvalue weighted by Gasteiger charge is -2.32. The van der Waals surface area contributed by atoms with E-state index < -0.39 is 10.0 Å². The number of rotatable bonds is 9. The zero-order valence-electron chi connectivity index (χ0n) is 16.8. The third-order valence-corrected chi connectivity index (χ3v) is 6.28. The Morgan fingerprint density at radius 1 is 1.22 bits per heavy atom. The number of piperidine rings is 1. The minimum Gasteiger partial charge on any atom is -0.372 e. The van der Waals surface area contributed by atoms with E-state index in [4.69, 9.17) is 0 Å². The summed E-state index contributed by atoms with van der Waals surface area (Å²) < 4.78 is 25.8. The van der Waals surface area contributed by atoms with Crippen molar-refractivity contribution in [2.45, 2.75) is 46.0 Å². The highest BCUT2D eigenvalue weighted by Crippen LogP contribution is 2.26. The third kappa shape index (κ3) is 6.72. The van der Waals surface area contributed by atoms with Gasteiger partial charge in [0.25, 0.3) is 0 Å². The van der Waals surface area contributed by atoms with Crippen LogP contribution in [0.2, 0.25) is 0 Å². The number of benzene rings is 1. The van der Waals surface area contributed by atoms with Crippen LogP contribution < -0.4 is 14.5 Å². The lowest BCUT2D eigenvalue weighted by atomic mass is 9.99. The van der Waals surface area contributed by atoms with Crippen molar-refractivity contribution in [3.8, 4) is 0 Å². The monoisotopic (exact) mass is 395 g/mol. The molecule has 0 aliphatic carbocycles. The van der Waals surface area contributed by atoms with Gasteiger partial charge in [0.1, 0.15) is 0 Å². The van der Waals surface area contributed by atoms with Crippen molar-refractivity contribution in [3.63, 3.8) is 0 Å².